The van der Waals surface area contributed by atoms with Crippen molar-refractivity contribution in [2.24, 2.45) is 5.92 Å². The summed E-state index contributed by atoms with van der Waals surface area (Å²) in [5.41, 5.74) is 2.07. The van der Waals surface area contributed by atoms with Crippen LogP contribution in [0.3, 0.4) is 0 Å². The number of nitrogens with one attached hydrogen (secondary N) is 2. The van der Waals surface area contributed by atoms with Gasteiger partial charge in [-0.3, -0.25) is 9.89 Å². The average Bonchev–Trinajstić information content (AvgIpc) is 2.69. The summed E-state index contributed by atoms with van der Waals surface area (Å²) in [5, 5.41) is 9.86. The van der Waals surface area contributed by atoms with Gasteiger partial charge in [0.25, 0.3) is 0 Å². The van der Waals surface area contributed by atoms with Crippen LogP contribution >= 0.6 is 0 Å². The molecule has 0 aliphatic rings. The van der Waals surface area contributed by atoms with Crippen LogP contribution in [0, 0.1) is 12.8 Å². The number of hydrogen-bond acceptors (Lipinski definition) is 3. The minimum absolute atomic E-state index is 0.0565. The zero-order chi connectivity index (χ0) is 15.1. The number of nitrogens with zero attached hydrogens (tertiary/aromatic N) is 1. The molecule has 0 aliphatic carbocycles. The molecular weight excluding hydrogens is 254 g/mol. The highest BCUT2D eigenvalue weighted by Crippen LogP contribution is 2.15. The van der Waals surface area contributed by atoms with E-state index in [0.29, 0.717) is 24.8 Å². The van der Waals surface area contributed by atoms with E-state index in [4.69, 9.17) is 4.74 Å². The SMILES string of the molecule is CCc1[nH]nc(NC(=O)CCO[C@@H](C)CC(C)C)c1C. The third-order valence-electron chi connectivity index (χ3n) is 3.26. The van der Waals surface area contributed by atoms with Gasteiger partial charge in [0.1, 0.15) is 0 Å². The molecule has 0 spiro atoms. The van der Waals surface area contributed by atoms with Crippen molar-refractivity contribution >= 4 is 11.7 Å². The van der Waals surface area contributed by atoms with E-state index in [0.717, 1.165) is 24.1 Å². The second kappa shape index (κ2) is 8.04. The van der Waals surface area contributed by atoms with Crippen molar-refractivity contribution in [3.8, 4) is 0 Å². The lowest BCUT2D eigenvalue weighted by atomic mass is 10.1. The van der Waals surface area contributed by atoms with Crippen molar-refractivity contribution in [3.63, 3.8) is 0 Å². The molecule has 0 unspecified atom stereocenters. The number of anilines is 1. The van der Waals surface area contributed by atoms with Gasteiger partial charge in [0.15, 0.2) is 5.82 Å². The monoisotopic (exact) mass is 281 g/mol. The summed E-state index contributed by atoms with van der Waals surface area (Å²) in [4.78, 5) is 11.8. The molecule has 1 atom stereocenters. The molecule has 0 aliphatic heterocycles. The van der Waals surface area contributed by atoms with E-state index in [9.17, 15) is 4.79 Å². The highest BCUT2D eigenvalue weighted by molar-refractivity contribution is 5.90. The van der Waals surface area contributed by atoms with E-state index in [1.54, 1.807) is 0 Å². The van der Waals surface area contributed by atoms with Crippen LogP contribution in [0.15, 0.2) is 0 Å². The Labute approximate surface area is 121 Å². The largest absolute Gasteiger partial charge is 0.378 e. The fraction of sp³-hybridized carbons (Fsp3) is 0.733. The first kappa shape index (κ1) is 16.7. The summed E-state index contributed by atoms with van der Waals surface area (Å²) in [7, 11) is 0. The summed E-state index contributed by atoms with van der Waals surface area (Å²) in [6.45, 7) is 10.8. The molecule has 20 heavy (non-hydrogen) atoms. The van der Waals surface area contributed by atoms with Gasteiger partial charge in [-0.1, -0.05) is 20.8 Å². The van der Waals surface area contributed by atoms with Gasteiger partial charge in [0.05, 0.1) is 19.1 Å². The highest BCUT2D eigenvalue weighted by atomic mass is 16.5. The van der Waals surface area contributed by atoms with Crippen molar-refractivity contribution in [2.45, 2.75) is 60.0 Å². The molecule has 2 N–H and O–H groups in total. The third kappa shape index (κ3) is 5.33. The van der Waals surface area contributed by atoms with E-state index >= 15 is 0 Å². The van der Waals surface area contributed by atoms with Crippen molar-refractivity contribution in [1.29, 1.82) is 0 Å². The summed E-state index contributed by atoms with van der Waals surface area (Å²) in [6.07, 6.45) is 2.45. The molecule has 1 heterocycles. The van der Waals surface area contributed by atoms with Crippen LogP contribution in [0.1, 0.15) is 51.8 Å². The zero-order valence-electron chi connectivity index (χ0n) is 13.2. The number of carbonyl (C=O) groups excluding carboxylic acids is 1. The molecule has 1 rings (SSSR count). The molecule has 0 saturated heterocycles. The lowest BCUT2D eigenvalue weighted by molar-refractivity contribution is -0.117. The summed E-state index contributed by atoms with van der Waals surface area (Å²) < 4.78 is 5.63. The first-order chi connectivity index (χ1) is 9.43. The van der Waals surface area contributed by atoms with E-state index in [2.05, 4.69) is 36.3 Å². The lowest BCUT2D eigenvalue weighted by Gasteiger charge is -2.14. The number of ether oxygens (including phenoxy) is 1. The topological polar surface area (TPSA) is 67.0 Å². The van der Waals surface area contributed by atoms with E-state index in [1.807, 2.05) is 13.8 Å². The standard InChI is InChI=1S/C15H27N3O2/c1-6-13-12(5)15(18-17-13)16-14(19)7-8-20-11(4)9-10(2)3/h10-11H,6-9H2,1-5H3,(H2,16,17,18,19)/t11-/m0/s1. The fourth-order valence-corrected chi connectivity index (χ4v) is 2.18. The summed E-state index contributed by atoms with van der Waals surface area (Å²) >= 11 is 0. The predicted octanol–water partition coefficient (Wildman–Crippen LogP) is 3.06. The minimum atomic E-state index is -0.0565. The Morgan fingerprint density at radius 1 is 1.40 bits per heavy atom. The molecule has 0 saturated carbocycles. The number of aromatic nitrogens is 2. The number of aromatic amines is 1. The van der Waals surface area contributed by atoms with Gasteiger partial charge in [-0.05, 0) is 32.6 Å². The first-order valence-corrected chi connectivity index (χ1v) is 7.39. The molecule has 1 amide bonds. The molecule has 114 valence electrons. The molecule has 5 nitrogen and oxygen atoms in total. The van der Waals surface area contributed by atoms with Gasteiger partial charge >= 0.3 is 0 Å². The van der Waals surface area contributed by atoms with E-state index in [-0.39, 0.29) is 12.0 Å². The normalized spacial score (nSPS) is 12.7. The van der Waals surface area contributed by atoms with Gasteiger partial charge in [-0.25, -0.2) is 0 Å². The Morgan fingerprint density at radius 2 is 2.10 bits per heavy atom. The highest BCUT2D eigenvalue weighted by Gasteiger charge is 2.11. The Hall–Kier alpha value is -1.36. The van der Waals surface area contributed by atoms with Crippen LogP contribution in [0.4, 0.5) is 5.82 Å². The molecule has 1 aromatic rings. The number of rotatable bonds is 8. The van der Waals surface area contributed by atoms with Gasteiger partial charge in [-0.15, -0.1) is 0 Å². The second-order valence-electron chi connectivity index (χ2n) is 5.64. The smallest absolute Gasteiger partial charge is 0.227 e. The Morgan fingerprint density at radius 3 is 2.65 bits per heavy atom. The number of carbonyl (C=O) groups is 1. The quantitative estimate of drug-likeness (QED) is 0.769. The Bertz CT molecular complexity index is 427. The second-order valence-corrected chi connectivity index (χ2v) is 5.64. The van der Waals surface area contributed by atoms with Gasteiger partial charge in [-0.2, -0.15) is 5.10 Å². The van der Waals surface area contributed by atoms with Crippen molar-refractivity contribution in [2.75, 3.05) is 11.9 Å². The third-order valence-corrected chi connectivity index (χ3v) is 3.26. The summed E-state index contributed by atoms with van der Waals surface area (Å²) in [5.74, 6) is 1.18. The Balaban J connectivity index is 2.31. The van der Waals surface area contributed by atoms with Crippen LogP contribution in [0.5, 0.6) is 0 Å². The molecular formula is C15H27N3O2. The number of hydrogen-bond donors (Lipinski definition) is 2. The molecule has 5 heteroatoms. The zero-order valence-corrected chi connectivity index (χ0v) is 13.2. The van der Waals surface area contributed by atoms with Crippen LogP contribution in [-0.4, -0.2) is 28.8 Å². The molecule has 0 bridgehead atoms. The first-order valence-electron chi connectivity index (χ1n) is 7.39. The van der Waals surface area contributed by atoms with Crippen molar-refractivity contribution < 1.29 is 9.53 Å². The molecule has 1 aromatic heterocycles. The van der Waals surface area contributed by atoms with Crippen LogP contribution in [0.25, 0.3) is 0 Å². The van der Waals surface area contributed by atoms with Crippen LogP contribution in [0.2, 0.25) is 0 Å². The molecule has 0 radical (unpaired) electrons. The van der Waals surface area contributed by atoms with E-state index < -0.39 is 0 Å². The molecule has 0 aromatic carbocycles. The van der Waals surface area contributed by atoms with E-state index in [1.165, 1.54) is 0 Å². The molecule has 0 fully saturated rings. The van der Waals surface area contributed by atoms with Crippen molar-refractivity contribution in [3.05, 3.63) is 11.3 Å². The minimum Gasteiger partial charge on any atom is -0.378 e. The number of H-pyrrole nitrogens is 1. The maximum absolute atomic E-state index is 11.8. The number of amides is 1. The van der Waals surface area contributed by atoms with Crippen molar-refractivity contribution in [1.82, 2.24) is 10.2 Å². The maximum atomic E-state index is 11.8. The van der Waals surface area contributed by atoms with Crippen LogP contribution < -0.4 is 5.32 Å². The number of aryl methyl sites for hydroxylation is 1. The lowest BCUT2D eigenvalue weighted by Crippen LogP contribution is -2.18. The summed E-state index contributed by atoms with van der Waals surface area (Å²) in [6, 6.07) is 0. The fourth-order valence-electron chi connectivity index (χ4n) is 2.18. The van der Waals surface area contributed by atoms with Gasteiger partial charge in [0, 0.05) is 11.3 Å². The maximum Gasteiger partial charge on any atom is 0.227 e. The Kier molecular flexibility index (Phi) is 6.71. The van der Waals surface area contributed by atoms with Gasteiger partial charge in [0.2, 0.25) is 5.91 Å². The van der Waals surface area contributed by atoms with Crippen LogP contribution in [-0.2, 0) is 16.0 Å². The van der Waals surface area contributed by atoms with Gasteiger partial charge < -0.3 is 10.1 Å². The average molecular weight is 281 g/mol. The predicted molar refractivity (Wildman–Crippen MR) is 80.8 cm³/mol.